The number of aryl methyl sites for hydroxylation is 2. The first-order valence-electron chi connectivity index (χ1n) is 7.25. The molecule has 106 valence electrons. The maximum atomic E-state index is 5.94. The lowest BCUT2D eigenvalue weighted by Crippen LogP contribution is -2.42. The van der Waals surface area contributed by atoms with Crippen LogP contribution in [0.1, 0.15) is 29.4 Å². The predicted molar refractivity (Wildman–Crippen MR) is 73.9 cm³/mol. The van der Waals surface area contributed by atoms with Crippen LogP contribution in [0.25, 0.3) is 0 Å². The summed E-state index contributed by atoms with van der Waals surface area (Å²) in [4.78, 5) is 2.55. The molecule has 1 aromatic heterocycles. The van der Waals surface area contributed by atoms with E-state index in [1.165, 1.54) is 17.0 Å². The SMILES string of the molecule is Cc1nn(C)c2c1C(N1CCOCC1)CC(CN)C2. The molecule has 0 spiro atoms. The number of hydrogen-bond acceptors (Lipinski definition) is 4. The molecule has 19 heavy (non-hydrogen) atoms. The molecule has 5 nitrogen and oxygen atoms in total. The highest BCUT2D eigenvalue weighted by Crippen LogP contribution is 2.38. The summed E-state index contributed by atoms with van der Waals surface area (Å²) in [6, 6.07) is 0.481. The third-order valence-electron chi connectivity index (χ3n) is 4.58. The third-order valence-corrected chi connectivity index (χ3v) is 4.58. The summed E-state index contributed by atoms with van der Waals surface area (Å²) in [5, 5.41) is 4.62. The van der Waals surface area contributed by atoms with Crippen molar-refractivity contribution < 1.29 is 4.74 Å². The summed E-state index contributed by atoms with van der Waals surface area (Å²) in [5.41, 5.74) is 9.96. The van der Waals surface area contributed by atoms with Crippen molar-refractivity contribution in [2.45, 2.75) is 25.8 Å². The molecule has 2 atom stereocenters. The first kappa shape index (κ1) is 13.1. The van der Waals surface area contributed by atoms with Crippen LogP contribution in [0.2, 0.25) is 0 Å². The van der Waals surface area contributed by atoms with E-state index in [2.05, 4.69) is 28.7 Å². The summed E-state index contributed by atoms with van der Waals surface area (Å²) in [6.07, 6.45) is 2.24. The topological polar surface area (TPSA) is 56.3 Å². The van der Waals surface area contributed by atoms with E-state index in [0.717, 1.165) is 45.7 Å². The Morgan fingerprint density at radius 1 is 1.37 bits per heavy atom. The van der Waals surface area contributed by atoms with Crippen LogP contribution in [-0.2, 0) is 18.2 Å². The molecule has 2 heterocycles. The minimum Gasteiger partial charge on any atom is -0.379 e. The lowest BCUT2D eigenvalue weighted by atomic mass is 9.82. The monoisotopic (exact) mass is 264 g/mol. The molecule has 1 aromatic rings. The van der Waals surface area contributed by atoms with Crippen LogP contribution in [0.15, 0.2) is 0 Å². The molecule has 0 saturated carbocycles. The molecule has 0 amide bonds. The number of rotatable bonds is 2. The van der Waals surface area contributed by atoms with Crippen molar-refractivity contribution in [1.29, 1.82) is 0 Å². The molecule has 2 aliphatic rings. The van der Waals surface area contributed by atoms with Crippen molar-refractivity contribution in [3.05, 3.63) is 17.0 Å². The van der Waals surface area contributed by atoms with E-state index in [4.69, 9.17) is 10.5 Å². The quantitative estimate of drug-likeness (QED) is 0.851. The molecule has 0 radical (unpaired) electrons. The Labute approximate surface area is 114 Å². The molecule has 0 aromatic carbocycles. The van der Waals surface area contributed by atoms with Gasteiger partial charge in [0.25, 0.3) is 0 Å². The van der Waals surface area contributed by atoms with Crippen molar-refractivity contribution in [2.75, 3.05) is 32.8 Å². The number of nitrogens with zero attached hydrogens (tertiary/aromatic N) is 3. The van der Waals surface area contributed by atoms with Gasteiger partial charge in [-0.1, -0.05) is 0 Å². The van der Waals surface area contributed by atoms with Crippen LogP contribution in [-0.4, -0.2) is 47.5 Å². The van der Waals surface area contributed by atoms with Gasteiger partial charge in [-0.3, -0.25) is 9.58 Å². The van der Waals surface area contributed by atoms with E-state index in [0.29, 0.717) is 12.0 Å². The highest BCUT2D eigenvalue weighted by atomic mass is 16.5. The van der Waals surface area contributed by atoms with Crippen LogP contribution < -0.4 is 5.73 Å². The van der Waals surface area contributed by atoms with Gasteiger partial charge in [0, 0.05) is 37.4 Å². The van der Waals surface area contributed by atoms with Gasteiger partial charge in [-0.05, 0) is 32.2 Å². The van der Waals surface area contributed by atoms with E-state index in [1.54, 1.807) is 0 Å². The van der Waals surface area contributed by atoms with Gasteiger partial charge in [-0.25, -0.2) is 0 Å². The number of aromatic nitrogens is 2. The van der Waals surface area contributed by atoms with Crippen molar-refractivity contribution in [3.63, 3.8) is 0 Å². The van der Waals surface area contributed by atoms with E-state index in [-0.39, 0.29) is 0 Å². The smallest absolute Gasteiger partial charge is 0.0644 e. The fourth-order valence-corrected chi connectivity index (χ4v) is 3.59. The minimum absolute atomic E-state index is 0.481. The number of nitrogens with two attached hydrogens (primary N) is 1. The van der Waals surface area contributed by atoms with Crippen LogP contribution in [0.4, 0.5) is 0 Å². The van der Waals surface area contributed by atoms with Gasteiger partial charge >= 0.3 is 0 Å². The average Bonchev–Trinajstić information content (AvgIpc) is 2.74. The first-order chi connectivity index (χ1) is 9.20. The van der Waals surface area contributed by atoms with E-state index >= 15 is 0 Å². The van der Waals surface area contributed by atoms with Crippen LogP contribution >= 0.6 is 0 Å². The summed E-state index contributed by atoms with van der Waals surface area (Å²) in [5.74, 6) is 0.579. The minimum atomic E-state index is 0.481. The number of morpholine rings is 1. The predicted octanol–water partition coefficient (Wildman–Crippen LogP) is 0.623. The van der Waals surface area contributed by atoms with Gasteiger partial charge in [0.2, 0.25) is 0 Å². The van der Waals surface area contributed by atoms with Crippen LogP contribution in [0.3, 0.4) is 0 Å². The van der Waals surface area contributed by atoms with Crippen molar-refractivity contribution in [1.82, 2.24) is 14.7 Å². The Kier molecular flexibility index (Phi) is 3.60. The van der Waals surface area contributed by atoms with E-state index < -0.39 is 0 Å². The highest BCUT2D eigenvalue weighted by Gasteiger charge is 2.34. The molecule has 2 unspecified atom stereocenters. The molecule has 1 aliphatic heterocycles. The van der Waals surface area contributed by atoms with Crippen molar-refractivity contribution >= 4 is 0 Å². The summed E-state index contributed by atoms with van der Waals surface area (Å²) < 4.78 is 7.54. The van der Waals surface area contributed by atoms with Gasteiger partial charge in [-0.2, -0.15) is 5.10 Å². The Hall–Kier alpha value is -0.910. The van der Waals surface area contributed by atoms with Crippen LogP contribution in [0.5, 0.6) is 0 Å². The molecule has 3 rings (SSSR count). The molecule has 1 fully saturated rings. The molecule has 1 aliphatic carbocycles. The number of fused-ring (bicyclic) bond motifs is 1. The zero-order valence-electron chi connectivity index (χ0n) is 11.9. The number of ether oxygens (including phenoxy) is 1. The van der Waals surface area contributed by atoms with Gasteiger partial charge in [0.05, 0.1) is 18.9 Å². The third kappa shape index (κ3) is 2.30. The summed E-state index contributed by atoms with van der Waals surface area (Å²) in [7, 11) is 2.06. The molecular formula is C14H24N4O. The average molecular weight is 264 g/mol. The fraction of sp³-hybridized carbons (Fsp3) is 0.786. The Balaban J connectivity index is 1.94. The Morgan fingerprint density at radius 2 is 2.11 bits per heavy atom. The zero-order valence-corrected chi connectivity index (χ0v) is 11.9. The molecular weight excluding hydrogens is 240 g/mol. The zero-order chi connectivity index (χ0) is 13.4. The standard InChI is InChI=1S/C14H24N4O/c1-10-14-12(17(2)16-10)7-11(9-15)8-13(14)18-3-5-19-6-4-18/h11,13H,3-9,15H2,1-2H3. The second kappa shape index (κ2) is 5.23. The van der Waals surface area contributed by atoms with Gasteiger partial charge in [0.15, 0.2) is 0 Å². The maximum absolute atomic E-state index is 5.94. The second-order valence-electron chi connectivity index (χ2n) is 5.78. The molecule has 0 bridgehead atoms. The Bertz CT molecular complexity index is 451. The number of hydrogen-bond donors (Lipinski definition) is 1. The van der Waals surface area contributed by atoms with Crippen molar-refractivity contribution in [2.24, 2.45) is 18.7 Å². The van der Waals surface area contributed by atoms with Crippen LogP contribution in [0, 0.1) is 12.8 Å². The molecule has 1 saturated heterocycles. The largest absolute Gasteiger partial charge is 0.379 e. The van der Waals surface area contributed by atoms with E-state index in [1.807, 2.05) is 0 Å². The fourth-order valence-electron chi connectivity index (χ4n) is 3.59. The summed E-state index contributed by atoms with van der Waals surface area (Å²) in [6.45, 7) is 6.64. The summed E-state index contributed by atoms with van der Waals surface area (Å²) >= 11 is 0. The second-order valence-corrected chi connectivity index (χ2v) is 5.78. The lowest BCUT2D eigenvalue weighted by molar-refractivity contribution is 0.00846. The Morgan fingerprint density at radius 3 is 2.79 bits per heavy atom. The van der Waals surface area contributed by atoms with Gasteiger partial charge in [-0.15, -0.1) is 0 Å². The van der Waals surface area contributed by atoms with Gasteiger partial charge < -0.3 is 10.5 Å². The van der Waals surface area contributed by atoms with E-state index in [9.17, 15) is 0 Å². The molecule has 5 heteroatoms. The molecule has 2 N–H and O–H groups in total. The highest BCUT2D eigenvalue weighted by molar-refractivity contribution is 5.32. The maximum Gasteiger partial charge on any atom is 0.0644 e. The first-order valence-corrected chi connectivity index (χ1v) is 7.25. The normalized spacial score (nSPS) is 28.4. The van der Waals surface area contributed by atoms with Crippen molar-refractivity contribution in [3.8, 4) is 0 Å². The van der Waals surface area contributed by atoms with Gasteiger partial charge in [0.1, 0.15) is 0 Å². The lowest BCUT2D eigenvalue weighted by Gasteiger charge is -2.39.